The minimum atomic E-state index is -0.176. The normalized spacial score (nSPS) is 28.2. The molecule has 2 N–H and O–H groups in total. The molecule has 1 amide bonds. The van der Waals surface area contributed by atoms with E-state index in [9.17, 15) is 4.79 Å². The van der Waals surface area contributed by atoms with Crippen LogP contribution in [0.3, 0.4) is 0 Å². The molecular formula is C17H18N2O. The molecule has 20 heavy (non-hydrogen) atoms. The highest BCUT2D eigenvalue weighted by Crippen LogP contribution is 2.45. The lowest BCUT2D eigenvalue weighted by Gasteiger charge is -2.35. The van der Waals surface area contributed by atoms with E-state index in [2.05, 4.69) is 35.2 Å². The molecule has 1 aliphatic heterocycles. The van der Waals surface area contributed by atoms with Crippen molar-refractivity contribution in [1.82, 2.24) is 0 Å². The van der Waals surface area contributed by atoms with E-state index in [1.54, 1.807) is 0 Å². The van der Waals surface area contributed by atoms with E-state index >= 15 is 0 Å². The number of primary amides is 1. The quantitative estimate of drug-likeness (QED) is 0.908. The van der Waals surface area contributed by atoms with Gasteiger partial charge in [-0.3, -0.25) is 4.79 Å². The molecule has 2 aliphatic rings. The first-order valence-corrected chi connectivity index (χ1v) is 7.30. The number of carbonyl (C=O) groups excluding carboxylic acids is 1. The molecule has 1 heterocycles. The summed E-state index contributed by atoms with van der Waals surface area (Å²) in [6.45, 7) is 0. The Morgan fingerprint density at radius 2 is 1.90 bits per heavy atom. The Balaban J connectivity index is 1.79. The molecule has 4 rings (SSSR count). The van der Waals surface area contributed by atoms with Crippen molar-refractivity contribution in [2.24, 2.45) is 11.7 Å². The highest BCUT2D eigenvalue weighted by molar-refractivity contribution is 5.89. The van der Waals surface area contributed by atoms with Crippen molar-refractivity contribution in [1.29, 1.82) is 0 Å². The second-order valence-electron chi connectivity index (χ2n) is 6.01. The first kappa shape index (κ1) is 11.8. The zero-order valence-electron chi connectivity index (χ0n) is 11.3. The van der Waals surface area contributed by atoms with E-state index in [0.29, 0.717) is 12.0 Å². The number of carbonyl (C=O) groups is 1. The van der Waals surface area contributed by atoms with Gasteiger partial charge in [0.1, 0.15) is 6.04 Å². The van der Waals surface area contributed by atoms with Crippen LogP contribution in [0.4, 0.5) is 5.69 Å². The Labute approximate surface area is 118 Å². The van der Waals surface area contributed by atoms with Gasteiger partial charge in [0, 0.05) is 11.7 Å². The van der Waals surface area contributed by atoms with Crippen LogP contribution < -0.4 is 10.6 Å². The third-order valence-corrected chi connectivity index (χ3v) is 4.91. The van der Waals surface area contributed by atoms with Gasteiger partial charge in [-0.25, -0.2) is 0 Å². The monoisotopic (exact) mass is 266 g/mol. The smallest absolute Gasteiger partial charge is 0.240 e. The SMILES string of the molecule is NC(=O)C1C2CCC(C2)N1c1ccc2ccccc2c1. The first-order chi connectivity index (χ1) is 9.74. The third kappa shape index (κ3) is 1.62. The average molecular weight is 266 g/mol. The third-order valence-electron chi connectivity index (χ3n) is 4.91. The van der Waals surface area contributed by atoms with Gasteiger partial charge in [-0.05, 0) is 48.1 Å². The lowest BCUT2D eigenvalue weighted by Crippen LogP contribution is -2.48. The minimum absolute atomic E-state index is 0.116. The summed E-state index contributed by atoms with van der Waals surface area (Å²) in [4.78, 5) is 14.1. The number of fused-ring (bicyclic) bond motifs is 3. The molecule has 0 aromatic heterocycles. The van der Waals surface area contributed by atoms with Gasteiger partial charge in [0.2, 0.25) is 5.91 Å². The van der Waals surface area contributed by atoms with Crippen molar-refractivity contribution in [3.05, 3.63) is 42.5 Å². The molecule has 2 fully saturated rings. The number of hydrogen-bond donors (Lipinski definition) is 1. The van der Waals surface area contributed by atoms with Gasteiger partial charge in [-0.2, -0.15) is 0 Å². The van der Waals surface area contributed by atoms with Gasteiger partial charge >= 0.3 is 0 Å². The summed E-state index contributed by atoms with van der Waals surface area (Å²) in [5, 5.41) is 2.45. The number of rotatable bonds is 2. The van der Waals surface area contributed by atoms with Gasteiger partial charge in [0.05, 0.1) is 0 Å². The van der Waals surface area contributed by atoms with Gasteiger partial charge < -0.3 is 10.6 Å². The summed E-state index contributed by atoms with van der Waals surface area (Å²) in [5.41, 5.74) is 6.78. The first-order valence-electron chi connectivity index (χ1n) is 7.30. The number of piperidine rings is 1. The Kier molecular flexibility index (Phi) is 2.49. The van der Waals surface area contributed by atoms with E-state index in [1.807, 2.05) is 12.1 Å². The van der Waals surface area contributed by atoms with Crippen LogP contribution in [-0.2, 0) is 4.79 Å². The number of benzene rings is 2. The van der Waals surface area contributed by atoms with Gasteiger partial charge in [-0.15, -0.1) is 0 Å². The lowest BCUT2D eigenvalue weighted by molar-refractivity contribution is -0.120. The molecule has 1 saturated carbocycles. The van der Waals surface area contributed by atoms with Gasteiger partial charge in [0.25, 0.3) is 0 Å². The second-order valence-corrected chi connectivity index (χ2v) is 6.01. The minimum Gasteiger partial charge on any atom is -0.368 e. The van der Waals surface area contributed by atoms with Gasteiger partial charge in [0.15, 0.2) is 0 Å². The Morgan fingerprint density at radius 1 is 1.10 bits per heavy atom. The van der Waals surface area contributed by atoms with Crippen molar-refractivity contribution >= 4 is 22.4 Å². The van der Waals surface area contributed by atoms with E-state index in [0.717, 1.165) is 18.5 Å². The second kappa shape index (κ2) is 4.23. The number of anilines is 1. The fraction of sp³-hybridized carbons (Fsp3) is 0.353. The van der Waals surface area contributed by atoms with Crippen LogP contribution in [0.15, 0.2) is 42.5 Å². The van der Waals surface area contributed by atoms with Crippen LogP contribution in [0, 0.1) is 5.92 Å². The Bertz CT molecular complexity index is 681. The largest absolute Gasteiger partial charge is 0.368 e. The van der Waals surface area contributed by atoms with Crippen molar-refractivity contribution in [2.45, 2.75) is 31.3 Å². The molecule has 0 radical (unpaired) electrons. The number of nitrogens with zero attached hydrogens (tertiary/aromatic N) is 1. The molecule has 1 aliphatic carbocycles. The highest BCUT2D eigenvalue weighted by Gasteiger charge is 2.48. The summed E-state index contributed by atoms with van der Waals surface area (Å²) in [5.74, 6) is 0.273. The van der Waals surface area contributed by atoms with Crippen molar-refractivity contribution in [3.63, 3.8) is 0 Å². The van der Waals surface area contributed by atoms with E-state index < -0.39 is 0 Å². The number of hydrogen-bond acceptors (Lipinski definition) is 2. The Hall–Kier alpha value is -2.03. The fourth-order valence-electron chi connectivity index (χ4n) is 4.06. The van der Waals surface area contributed by atoms with Crippen molar-refractivity contribution in [3.8, 4) is 0 Å². The molecule has 3 heteroatoms. The summed E-state index contributed by atoms with van der Waals surface area (Å²) in [7, 11) is 0. The Morgan fingerprint density at radius 3 is 2.70 bits per heavy atom. The van der Waals surface area contributed by atoms with Crippen LogP contribution in [0.1, 0.15) is 19.3 Å². The van der Waals surface area contributed by atoms with E-state index in [4.69, 9.17) is 5.73 Å². The van der Waals surface area contributed by atoms with Crippen LogP contribution >= 0.6 is 0 Å². The lowest BCUT2D eigenvalue weighted by atomic mass is 9.97. The maximum absolute atomic E-state index is 11.8. The van der Waals surface area contributed by atoms with Crippen LogP contribution in [-0.4, -0.2) is 18.0 Å². The molecule has 3 nitrogen and oxygen atoms in total. The summed E-state index contributed by atoms with van der Waals surface area (Å²) < 4.78 is 0. The van der Waals surface area contributed by atoms with Gasteiger partial charge in [-0.1, -0.05) is 30.3 Å². The zero-order chi connectivity index (χ0) is 13.7. The predicted molar refractivity (Wildman–Crippen MR) is 80.5 cm³/mol. The molecule has 2 aromatic rings. The summed E-state index contributed by atoms with van der Waals surface area (Å²) >= 11 is 0. The maximum Gasteiger partial charge on any atom is 0.240 e. The van der Waals surface area contributed by atoms with Crippen LogP contribution in [0.25, 0.3) is 10.8 Å². The zero-order valence-corrected chi connectivity index (χ0v) is 11.3. The molecular weight excluding hydrogens is 248 g/mol. The molecule has 2 aromatic carbocycles. The summed E-state index contributed by atoms with van der Waals surface area (Å²) in [6, 6.07) is 15.1. The van der Waals surface area contributed by atoms with Crippen LogP contribution in [0.5, 0.6) is 0 Å². The highest BCUT2D eigenvalue weighted by atomic mass is 16.1. The molecule has 1 saturated heterocycles. The number of nitrogens with two attached hydrogens (primary N) is 1. The van der Waals surface area contributed by atoms with Crippen molar-refractivity contribution in [2.75, 3.05) is 4.90 Å². The fourth-order valence-corrected chi connectivity index (χ4v) is 4.06. The van der Waals surface area contributed by atoms with Crippen molar-refractivity contribution < 1.29 is 4.79 Å². The van der Waals surface area contributed by atoms with E-state index in [1.165, 1.54) is 17.2 Å². The molecule has 3 unspecified atom stereocenters. The maximum atomic E-state index is 11.8. The molecule has 102 valence electrons. The molecule has 3 atom stereocenters. The number of amides is 1. The standard InChI is InChI=1S/C17H18N2O/c18-17(20)16-13-6-8-15(10-13)19(16)14-7-5-11-3-1-2-4-12(11)9-14/h1-5,7,9,13,15-16H,6,8,10H2,(H2,18,20). The van der Waals surface area contributed by atoms with E-state index in [-0.39, 0.29) is 11.9 Å². The predicted octanol–water partition coefficient (Wildman–Crippen LogP) is 2.68. The topological polar surface area (TPSA) is 46.3 Å². The molecule has 0 spiro atoms. The van der Waals surface area contributed by atoms with Crippen LogP contribution in [0.2, 0.25) is 0 Å². The summed E-state index contributed by atoms with van der Waals surface area (Å²) in [6.07, 6.45) is 3.43. The average Bonchev–Trinajstić information content (AvgIpc) is 3.07. The molecule has 2 bridgehead atoms.